The molecule has 1 N–H and O–H groups in total. The largest absolute Gasteiger partial charge is 0.317 e. The lowest BCUT2D eigenvalue weighted by Crippen LogP contribution is -2.17. The summed E-state index contributed by atoms with van der Waals surface area (Å²) in [7, 11) is 0. The third-order valence-electron chi connectivity index (χ3n) is 2.12. The Morgan fingerprint density at radius 1 is 1.43 bits per heavy atom. The predicted octanol–water partition coefficient (Wildman–Crippen LogP) is 2.18. The number of aryl methyl sites for hydroxylation is 1. The fraction of sp³-hybridized carbons (Fsp3) is 0.417. The van der Waals surface area contributed by atoms with Gasteiger partial charge in [0.15, 0.2) is 5.78 Å². The van der Waals surface area contributed by atoms with E-state index in [-0.39, 0.29) is 5.78 Å². The number of Topliss-reactive ketones (excluding diaryl/α,β-unsaturated/α-hetero) is 1. The summed E-state index contributed by atoms with van der Waals surface area (Å²) >= 11 is 0. The number of rotatable bonds is 5. The summed E-state index contributed by atoms with van der Waals surface area (Å²) in [6.07, 6.45) is 0.581. The molecule has 2 heteroatoms. The number of benzene rings is 1. The lowest BCUT2D eigenvalue weighted by molar-refractivity contribution is 0.0982. The van der Waals surface area contributed by atoms with Gasteiger partial charge in [0.1, 0.15) is 0 Å². The van der Waals surface area contributed by atoms with Crippen LogP contribution in [0, 0.1) is 6.92 Å². The highest BCUT2D eigenvalue weighted by Crippen LogP contribution is 2.06. The minimum Gasteiger partial charge on any atom is -0.317 e. The molecule has 0 aliphatic heterocycles. The fourth-order valence-corrected chi connectivity index (χ4v) is 1.34. The highest BCUT2D eigenvalue weighted by molar-refractivity contribution is 5.96. The van der Waals surface area contributed by atoms with Crippen molar-refractivity contribution < 1.29 is 4.79 Å². The van der Waals surface area contributed by atoms with E-state index in [1.165, 1.54) is 0 Å². The maximum Gasteiger partial charge on any atom is 0.164 e. The summed E-state index contributed by atoms with van der Waals surface area (Å²) in [6.45, 7) is 5.72. The molecule has 2 nitrogen and oxygen atoms in total. The number of carbonyl (C=O) groups is 1. The van der Waals surface area contributed by atoms with Crippen LogP contribution in [-0.2, 0) is 0 Å². The third kappa shape index (κ3) is 3.30. The van der Waals surface area contributed by atoms with Crippen molar-refractivity contribution in [1.82, 2.24) is 5.32 Å². The normalized spacial score (nSPS) is 10.1. The van der Waals surface area contributed by atoms with Gasteiger partial charge in [-0.1, -0.05) is 30.7 Å². The zero-order valence-corrected chi connectivity index (χ0v) is 8.84. The van der Waals surface area contributed by atoms with E-state index in [0.717, 1.165) is 24.2 Å². The summed E-state index contributed by atoms with van der Waals surface area (Å²) in [6, 6.07) is 7.74. The molecule has 0 amide bonds. The van der Waals surface area contributed by atoms with Crippen LogP contribution in [-0.4, -0.2) is 18.9 Å². The van der Waals surface area contributed by atoms with Gasteiger partial charge in [0.25, 0.3) is 0 Å². The molecule has 0 unspecified atom stereocenters. The molecule has 1 rings (SSSR count). The second kappa shape index (κ2) is 5.55. The van der Waals surface area contributed by atoms with Crippen LogP contribution in [0.5, 0.6) is 0 Å². The summed E-state index contributed by atoms with van der Waals surface area (Å²) in [4.78, 5) is 11.6. The first-order valence-electron chi connectivity index (χ1n) is 5.04. The van der Waals surface area contributed by atoms with Crippen molar-refractivity contribution in [2.24, 2.45) is 0 Å². The molecule has 0 saturated heterocycles. The van der Waals surface area contributed by atoms with Gasteiger partial charge < -0.3 is 5.32 Å². The highest BCUT2D eigenvalue weighted by atomic mass is 16.1. The molecule has 0 bridgehead atoms. The molecule has 0 aliphatic rings. The highest BCUT2D eigenvalue weighted by Gasteiger charge is 2.04. The lowest BCUT2D eigenvalue weighted by Gasteiger charge is -2.02. The van der Waals surface area contributed by atoms with E-state index < -0.39 is 0 Å². The first-order chi connectivity index (χ1) is 6.74. The van der Waals surface area contributed by atoms with Crippen LogP contribution in [0.2, 0.25) is 0 Å². The van der Waals surface area contributed by atoms with E-state index in [0.29, 0.717) is 6.42 Å². The fourth-order valence-electron chi connectivity index (χ4n) is 1.34. The van der Waals surface area contributed by atoms with Crippen LogP contribution >= 0.6 is 0 Å². The zero-order chi connectivity index (χ0) is 10.4. The Bertz CT molecular complexity index is 307. The van der Waals surface area contributed by atoms with Gasteiger partial charge in [-0.25, -0.2) is 0 Å². The molecule has 0 heterocycles. The van der Waals surface area contributed by atoms with E-state index in [9.17, 15) is 4.79 Å². The van der Waals surface area contributed by atoms with E-state index in [1.54, 1.807) is 0 Å². The van der Waals surface area contributed by atoms with Gasteiger partial charge in [0.05, 0.1) is 0 Å². The van der Waals surface area contributed by atoms with Crippen LogP contribution in [0.25, 0.3) is 0 Å². The quantitative estimate of drug-likeness (QED) is 0.571. The minimum absolute atomic E-state index is 0.217. The number of ketones is 1. The third-order valence-corrected chi connectivity index (χ3v) is 2.12. The van der Waals surface area contributed by atoms with Crippen LogP contribution in [0.4, 0.5) is 0 Å². The minimum atomic E-state index is 0.217. The molecule has 76 valence electrons. The van der Waals surface area contributed by atoms with Gasteiger partial charge in [0.2, 0.25) is 0 Å². The molecule has 0 fully saturated rings. The van der Waals surface area contributed by atoms with Crippen LogP contribution in [0.15, 0.2) is 24.3 Å². The maximum atomic E-state index is 11.6. The summed E-state index contributed by atoms with van der Waals surface area (Å²) in [5, 5.41) is 3.14. The molecular weight excluding hydrogens is 174 g/mol. The smallest absolute Gasteiger partial charge is 0.164 e. The Morgan fingerprint density at radius 3 is 2.86 bits per heavy atom. The Labute approximate surface area is 85.3 Å². The van der Waals surface area contributed by atoms with Crippen LogP contribution in [0.1, 0.15) is 29.3 Å². The lowest BCUT2D eigenvalue weighted by atomic mass is 10.1. The molecule has 0 aliphatic carbocycles. The second-order valence-corrected chi connectivity index (χ2v) is 3.40. The van der Waals surface area contributed by atoms with Gasteiger partial charge in [0, 0.05) is 18.5 Å². The first-order valence-corrected chi connectivity index (χ1v) is 5.04. The van der Waals surface area contributed by atoms with E-state index in [1.807, 2.05) is 38.1 Å². The number of hydrogen-bond acceptors (Lipinski definition) is 2. The number of carbonyl (C=O) groups excluding carboxylic acids is 1. The van der Waals surface area contributed by atoms with Crippen molar-refractivity contribution in [3.63, 3.8) is 0 Å². The first kappa shape index (κ1) is 10.9. The molecule has 0 radical (unpaired) electrons. The van der Waals surface area contributed by atoms with Gasteiger partial charge in [-0.3, -0.25) is 4.79 Å². The topological polar surface area (TPSA) is 29.1 Å². The average Bonchev–Trinajstić information content (AvgIpc) is 2.18. The van der Waals surface area contributed by atoms with Crippen LogP contribution < -0.4 is 5.32 Å². The monoisotopic (exact) mass is 191 g/mol. The van der Waals surface area contributed by atoms with E-state index in [4.69, 9.17) is 0 Å². The maximum absolute atomic E-state index is 11.6. The van der Waals surface area contributed by atoms with Crippen LogP contribution in [0.3, 0.4) is 0 Å². The Balaban J connectivity index is 2.52. The Hall–Kier alpha value is -1.15. The SMILES string of the molecule is CCNCCC(=O)c1cccc(C)c1. The van der Waals surface area contributed by atoms with Crippen molar-refractivity contribution in [2.45, 2.75) is 20.3 Å². The van der Waals surface area contributed by atoms with Gasteiger partial charge in [-0.15, -0.1) is 0 Å². The molecular formula is C12H17NO. The van der Waals surface area contributed by atoms with Crippen molar-refractivity contribution in [3.05, 3.63) is 35.4 Å². The van der Waals surface area contributed by atoms with E-state index >= 15 is 0 Å². The summed E-state index contributed by atoms with van der Waals surface area (Å²) in [5.74, 6) is 0.217. The van der Waals surface area contributed by atoms with Gasteiger partial charge in [-0.2, -0.15) is 0 Å². The predicted molar refractivity (Wildman–Crippen MR) is 58.7 cm³/mol. The van der Waals surface area contributed by atoms with Crippen molar-refractivity contribution in [2.75, 3.05) is 13.1 Å². The molecule has 0 spiro atoms. The number of hydrogen-bond donors (Lipinski definition) is 1. The number of nitrogens with one attached hydrogen (secondary N) is 1. The molecule has 1 aromatic carbocycles. The molecule has 0 saturated carbocycles. The zero-order valence-electron chi connectivity index (χ0n) is 8.84. The van der Waals surface area contributed by atoms with Gasteiger partial charge in [-0.05, 0) is 19.5 Å². The molecule has 1 aromatic rings. The summed E-state index contributed by atoms with van der Waals surface area (Å²) in [5.41, 5.74) is 1.96. The molecule has 0 aromatic heterocycles. The van der Waals surface area contributed by atoms with Crippen molar-refractivity contribution >= 4 is 5.78 Å². The standard InChI is InChI=1S/C12H17NO/c1-3-13-8-7-12(14)11-6-4-5-10(2)9-11/h4-6,9,13H,3,7-8H2,1-2H3. The average molecular weight is 191 g/mol. The van der Waals surface area contributed by atoms with Gasteiger partial charge >= 0.3 is 0 Å². The molecule has 14 heavy (non-hydrogen) atoms. The van der Waals surface area contributed by atoms with Crippen molar-refractivity contribution in [3.8, 4) is 0 Å². The Kier molecular flexibility index (Phi) is 4.33. The van der Waals surface area contributed by atoms with E-state index in [2.05, 4.69) is 5.32 Å². The molecule has 0 atom stereocenters. The Morgan fingerprint density at radius 2 is 2.21 bits per heavy atom. The second-order valence-electron chi connectivity index (χ2n) is 3.40. The van der Waals surface area contributed by atoms with Crippen molar-refractivity contribution in [1.29, 1.82) is 0 Å². The summed E-state index contributed by atoms with van der Waals surface area (Å²) < 4.78 is 0.